The van der Waals surface area contributed by atoms with Gasteiger partial charge in [-0.3, -0.25) is 0 Å². The zero-order valence-corrected chi connectivity index (χ0v) is 11.8. The Morgan fingerprint density at radius 1 is 1.06 bits per heavy atom. The number of pyridine rings is 1. The summed E-state index contributed by atoms with van der Waals surface area (Å²) in [6.07, 6.45) is 1.84. The number of nitrogens with zero attached hydrogens (tertiary/aromatic N) is 1. The molecule has 2 rings (SSSR count). The zero-order valence-electron chi connectivity index (χ0n) is 9.42. The number of hydrogen-bond acceptors (Lipinski definition) is 2. The quantitative estimate of drug-likeness (QED) is 0.601. The molecular formula is C14H14BrNS. The smallest absolute Gasteiger partial charge is 0.0960 e. The third-order valence-corrected chi connectivity index (χ3v) is 4.42. The van der Waals surface area contributed by atoms with E-state index in [1.54, 1.807) is 11.8 Å². The van der Waals surface area contributed by atoms with Crippen LogP contribution in [0.3, 0.4) is 0 Å². The van der Waals surface area contributed by atoms with Gasteiger partial charge in [0.2, 0.25) is 0 Å². The van der Waals surface area contributed by atoms with Crippen molar-refractivity contribution in [2.75, 3.05) is 11.1 Å². The van der Waals surface area contributed by atoms with E-state index in [0.29, 0.717) is 5.92 Å². The first-order valence-corrected chi connectivity index (χ1v) is 7.65. The van der Waals surface area contributed by atoms with Gasteiger partial charge in [-0.25, -0.2) is 4.98 Å². The molecule has 0 N–H and O–H groups in total. The molecule has 0 spiro atoms. The molecule has 0 radical (unpaired) electrons. The molecule has 2 aromatic rings. The molecular weight excluding hydrogens is 294 g/mol. The standard InChI is InChI=1S/C14H14BrNS/c15-10-13(12-6-2-1-3-7-12)11-17-14-8-4-5-9-16-14/h1-9,13H,10-11H2. The van der Waals surface area contributed by atoms with Gasteiger partial charge in [0.25, 0.3) is 0 Å². The third kappa shape index (κ3) is 3.86. The maximum atomic E-state index is 4.33. The zero-order chi connectivity index (χ0) is 11.9. The van der Waals surface area contributed by atoms with Crippen molar-refractivity contribution in [3.63, 3.8) is 0 Å². The van der Waals surface area contributed by atoms with Crippen molar-refractivity contribution in [3.8, 4) is 0 Å². The van der Waals surface area contributed by atoms with Crippen molar-refractivity contribution in [1.29, 1.82) is 0 Å². The monoisotopic (exact) mass is 307 g/mol. The van der Waals surface area contributed by atoms with E-state index >= 15 is 0 Å². The van der Waals surface area contributed by atoms with E-state index in [1.807, 2.05) is 18.3 Å². The fourth-order valence-electron chi connectivity index (χ4n) is 1.57. The van der Waals surface area contributed by atoms with Crippen LogP contribution in [-0.4, -0.2) is 16.1 Å². The molecule has 1 nitrogen and oxygen atoms in total. The minimum Gasteiger partial charge on any atom is -0.250 e. The molecule has 0 amide bonds. The minimum absolute atomic E-state index is 0.531. The van der Waals surface area contributed by atoms with E-state index in [-0.39, 0.29) is 0 Å². The Bertz CT molecular complexity index is 432. The van der Waals surface area contributed by atoms with Crippen LogP contribution in [0.5, 0.6) is 0 Å². The molecule has 0 saturated heterocycles. The van der Waals surface area contributed by atoms with Crippen LogP contribution in [0.15, 0.2) is 59.8 Å². The molecule has 88 valence electrons. The summed E-state index contributed by atoms with van der Waals surface area (Å²) in [4.78, 5) is 4.33. The molecule has 0 fully saturated rings. The average molecular weight is 308 g/mol. The molecule has 1 heterocycles. The fraction of sp³-hybridized carbons (Fsp3) is 0.214. The molecule has 0 saturated carbocycles. The number of rotatable bonds is 5. The highest BCUT2D eigenvalue weighted by Crippen LogP contribution is 2.26. The molecule has 1 aromatic carbocycles. The van der Waals surface area contributed by atoms with Crippen LogP contribution >= 0.6 is 27.7 Å². The van der Waals surface area contributed by atoms with Crippen LogP contribution in [0.4, 0.5) is 0 Å². The lowest BCUT2D eigenvalue weighted by Crippen LogP contribution is -2.03. The van der Waals surface area contributed by atoms with Crippen LogP contribution in [-0.2, 0) is 0 Å². The lowest BCUT2D eigenvalue weighted by atomic mass is 10.0. The predicted octanol–water partition coefficient (Wildman–Crippen LogP) is 4.35. The number of thioether (sulfide) groups is 1. The summed E-state index contributed by atoms with van der Waals surface area (Å²) in [5, 5.41) is 2.08. The molecule has 0 bridgehead atoms. The Morgan fingerprint density at radius 2 is 1.82 bits per heavy atom. The summed E-state index contributed by atoms with van der Waals surface area (Å²) >= 11 is 5.40. The van der Waals surface area contributed by atoms with Crippen LogP contribution in [0.25, 0.3) is 0 Å². The topological polar surface area (TPSA) is 12.9 Å². The maximum Gasteiger partial charge on any atom is 0.0960 e. The second-order valence-electron chi connectivity index (χ2n) is 3.74. The third-order valence-electron chi connectivity index (χ3n) is 2.53. The van der Waals surface area contributed by atoms with Crippen molar-refractivity contribution in [3.05, 3.63) is 60.3 Å². The van der Waals surface area contributed by atoms with E-state index in [2.05, 4.69) is 57.3 Å². The number of alkyl halides is 1. The lowest BCUT2D eigenvalue weighted by molar-refractivity contribution is 0.900. The summed E-state index contributed by atoms with van der Waals surface area (Å²) in [5.41, 5.74) is 1.38. The first kappa shape index (κ1) is 12.7. The van der Waals surface area contributed by atoms with Gasteiger partial charge >= 0.3 is 0 Å². The van der Waals surface area contributed by atoms with Gasteiger partial charge in [0.1, 0.15) is 0 Å². The number of halogens is 1. The molecule has 0 aliphatic carbocycles. The molecule has 1 aromatic heterocycles. The highest BCUT2D eigenvalue weighted by molar-refractivity contribution is 9.09. The highest BCUT2D eigenvalue weighted by atomic mass is 79.9. The molecule has 17 heavy (non-hydrogen) atoms. The number of aromatic nitrogens is 1. The van der Waals surface area contributed by atoms with E-state index in [4.69, 9.17) is 0 Å². The van der Waals surface area contributed by atoms with Crippen molar-refractivity contribution >= 4 is 27.7 Å². The van der Waals surface area contributed by atoms with E-state index in [0.717, 1.165) is 16.1 Å². The molecule has 3 heteroatoms. The first-order chi connectivity index (χ1) is 8.40. The maximum absolute atomic E-state index is 4.33. The Hall–Kier alpha value is -0.800. The summed E-state index contributed by atoms with van der Waals surface area (Å²) in [6.45, 7) is 0. The van der Waals surface area contributed by atoms with E-state index < -0.39 is 0 Å². The first-order valence-electron chi connectivity index (χ1n) is 5.55. The van der Waals surface area contributed by atoms with Crippen molar-refractivity contribution in [1.82, 2.24) is 4.98 Å². The second kappa shape index (κ2) is 6.82. The van der Waals surface area contributed by atoms with Crippen molar-refractivity contribution < 1.29 is 0 Å². The van der Waals surface area contributed by atoms with Crippen molar-refractivity contribution in [2.45, 2.75) is 10.9 Å². The van der Waals surface area contributed by atoms with Gasteiger partial charge in [-0.2, -0.15) is 0 Å². The van der Waals surface area contributed by atoms with E-state index in [1.165, 1.54) is 5.56 Å². The summed E-state index contributed by atoms with van der Waals surface area (Å²) in [7, 11) is 0. The normalized spacial score (nSPS) is 12.3. The van der Waals surface area contributed by atoms with Gasteiger partial charge in [0.05, 0.1) is 5.03 Å². The van der Waals surface area contributed by atoms with Crippen molar-refractivity contribution in [2.24, 2.45) is 0 Å². The lowest BCUT2D eigenvalue weighted by Gasteiger charge is -2.13. The predicted molar refractivity (Wildman–Crippen MR) is 77.9 cm³/mol. The Labute approximate surface area is 115 Å². The van der Waals surface area contributed by atoms with Gasteiger partial charge in [-0.1, -0.05) is 52.3 Å². The van der Waals surface area contributed by atoms with E-state index in [9.17, 15) is 0 Å². The van der Waals surface area contributed by atoms with Gasteiger partial charge < -0.3 is 0 Å². The number of benzene rings is 1. The number of hydrogen-bond donors (Lipinski definition) is 0. The highest BCUT2D eigenvalue weighted by Gasteiger charge is 2.10. The molecule has 0 aliphatic rings. The Morgan fingerprint density at radius 3 is 2.47 bits per heavy atom. The summed E-state index contributed by atoms with van der Waals surface area (Å²) in [6, 6.07) is 16.6. The van der Waals surface area contributed by atoms with Gasteiger partial charge in [-0.15, -0.1) is 11.8 Å². The van der Waals surface area contributed by atoms with Gasteiger partial charge in [0.15, 0.2) is 0 Å². The SMILES string of the molecule is BrCC(CSc1ccccn1)c1ccccc1. The molecule has 1 unspecified atom stereocenters. The van der Waals surface area contributed by atoms with Crippen LogP contribution in [0.1, 0.15) is 11.5 Å². The van der Waals surface area contributed by atoms with Crippen LogP contribution in [0.2, 0.25) is 0 Å². The second-order valence-corrected chi connectivity index (χ2v) is 5.43. The van der Waals surface area contributed by atoms with Gasteiger partial charge in [0, 0.05) is 23.2 Å². The van der Waals surface area contributed by atoms with Crippen LogP contribution in [0, 0.1) is 0 Å². The minimum atomic E-state index is 0.531. The van der Waals surface area contributed by atoms with Gasteiger partial charge in [-0.05, 0) is 17.7 Å². The Balaban J connectivity index is 1.97. The molecule has 0 aliphatic heterocycles. The molecule has 1 atom stereocenters. The van der Waals surface area contributed by atoms with Crippen LogP contribution < -0.4 is 0 Å². The largest absolute Gasteiger partial charge is 0.250 e. The summed E-state index contributed by atoms with van der Waals surface area (Å²) < 4.78 is 0. The average Bonchev–Trinajstić information content (AvgIpc) is 2.42. The fourth-order valence-corrected chi connectivity index (χ4v) is 3.47. The Kier molecular flexibility index (Phi) is 5.08. The summed E-state index contributed by atoms with van der Waals surface area (Å²) in [5.74, 6) is 1.58.